The molecule has 1 saturated carbocycles. The molecule has 19 heavy (non-hydrogen) atoms. The van der Waals surface area contributed by atoms with Gasteiger partial charge in [-0.3, -0.25) is 0 Å². The summed E-state index contributed by atoms with van der Waals surface area (Å²) in [6.07, 6.45) is 7.78. The molecule has 0 bridgehead atoms. The fraction of sp³-hybridized carbons (Fsp3) is 0.647. The maximum absolute atomic E-state index is 6.41. The van der Waals surface area contributed by atoms with E-state index in [0.29, 0.717) is 12.0 Å². The molecule has 0 aliphatic heterocycles. The maximum atomic E-state index is 6.41. The molecule has 2 nitrogen and oxygen atoms in total. The first-order valence-corrected chi connectivity index (χ1v) is 7.76. The van der Waals surface area contributed by atoms with Gasteiger partial charge in [-0.15, -0.1) is 0 Å². The smallest absolute Gasteiger partial charge is 0.119 e. The van der Waals surface area contributed by atoms with Crippen molar-refractivity contribution in [3.8, 4) is 5.75 Å². The normalized spacial score (nSPS) is 18.1. The second-order valence-electron chi connectivity index (χ2n) is 5.72. The summed E-state index contributed by atoms with van der Waals surface area (Å²) in [7, 11) is 0. The summed E-state index contributed by atoms with van der Waals surface area (Å²) in [4.78, 5) is 0. The van der Waals surface area contributed by atoms with Gasteiger partial charge in [0.05, 0.1) is 6.10 Å². The molecule has 106 valence electrons. The highest BCUT2D eigenvalue weighted by molar-refractivity contribution is 5.29. The number of hydrogen-bond acceptors (Lipinski definition) is 2. The molecule has 2 unspecified atom stereocenters. The molecule has 1 aliphatic rings. The van der Waals surface area contributed by atoms with Gasteiger partial charge < -0.3 is 10.5 Å². The van der Waals surface area contributed by atoms with Crippen molar-refractivity contribution in [1.82, 2.24) is 0 Å². The topological polar surface area (TPSA) is 35.2 Å². The van der Waals surface area contributed by atoms with Gasteiger partial charge in [0.1, 0.15) is 5.75 Å². The molecule has 2 rings (SSSR count). The summed E-state index contributed by atoms with van der Waals surface area (Å²) in [6.45, 7) is 4.48. The molecule has 0 amide bonds. The van der Waals surface area contributed by atoms with Gasteiger partial charge in [-0.2, -0.15) is 0 Å². The van der Waals surface area contributed by atoms with Crippen LogP contribution in [-0.4, -0.2) is 6.10 Å². The van der Waals surface area contributed by atoms with Gasteiger partial charge in [0.25, 0.3) is 0 Å². The second-order valence-corrected chi connectivity index (χ2v) is 5.72. The van der Waals surface area contributed by atoms with Gasteiger partial charge >= 0.3 is 0 Å². The average molecular weight is 261 g/mol. The third kappa shape index (κ3) is 4.24. The zero-order valence-electron chi connectivity index (χ0n) is 12.3. The van der Waals surface area contributed by atoms with Gasteiger partial charge in [-0.1, -0.05) is 45.2 Å². The lowest BCUT2D eigenvalue weighted by Crippen LogP contribution is -2.21. The van der Waals surface area contributed by atoms with Crippen molar-refractivity contribution >= 4 is 0 Å². The van der Waals surface area contributed by atoms with Crippen LogP contribution in [0.3, 0.4) is 0 Å². The summed E-state index contributed by atoms with van der Waals surface area (Å²) in [5.74, 6) is 1.58. The van der Waals surface area contributed by atoms with Gasteiger partial charge in [-0.25, -0.2) is 0 Å². The highest BCUT2D eigenvalue weighted by Crippen LogP contribution is 2.30. The van der Waals surface area contributed by atoms with Crippen LogP contribution in [-0.2, 0) is 0 Å². The van der Waals surface area contributed by atoms with E-state index in [1.54, 1.807) is 0 Å². The standard InChI is InChI=1S/C17H27NO/c1-3-5-6-13(4-2)17(18)14-7-9-15(10-8-14)19-16-11-12-16/h7-10,13,16-17H,3-6,11-12,18H2,1-2H3. The van der Waals surface area contributed by atoms with Crippen LogP contribution in [0.5, 0.6) is 5.75 Å². The molecular weight excluding hydrogens is 234 g/mol. The van der Waals surface area contributed by atoms with Gasteiger partial charge in [0.15, 0.2) is 0 Å². The first kappa shape index (κ1) is 14.4. The summed E-state index contributed by atoms with van der Waals surface area (Å²) in [5, 5.41) is 0. The molecule has 0 saturated heterocycles. The van der Waals surface area contributed by atoms with Crippen LogP contribution < -0.4 is 10.5 Å². The van der Waals surface area contributed by atoms with Crippen LogP contribution >= 0.6 is 0 Å². The van der Waals surface area contributed by atoms with Crippen molar-refractivity contribution in [1.29, 1.82) is 0 Å². The molecule has 0 aromatic heterocycles. The fourth-order valence-corrected chi connectivity index (χ4v) is 2.52. The van der Waals surface area contributed by atoms with Crippen LogP contribution in [0, 0.1) is 5.92 Å². The van der Waals surface area contributed by atoms with Crippen LogP contribution in [0.2, 0.25) is 0 Å². The van der Waals surface area contributed by atoms with Crippen molar-refractivity contribution in [2.45, 2.75) is 64.5 Å². The van der Waals surface area contributed by atoms with Crippen molar-refractivity contribution in [2.24, 2.45) is 11.7 Å². The van der Waals surface area contributed by atoms with Crippen LogP contribution in [0.25, 0.3) is 0 Å². The van der Waals surface area contributed by atoms with Crippen molar-refractivity contribution in [3.63, 3.8) is 0 Å². The van der Waals surface area contributed by atoms with Crippen molar-refractivity contribution in [3.05, 3.63) is 29.8 Å². The Morgan fingerprint density at radius 3 is 2.42 bits per heavy atom. The van der Waals surface area contributed by atoms with Crippen molar-refractivity contribution in [2.75, 3.05) is 0 Å². The van der Waals surface area contributed by atoms with E-state index in [0.717, 1.165) is 12.2 Å². The molecule has 2 N–H and O–H groups in total. The van der Waals surface area contributed by atoms with E-state index in [4.69, 9.17) is 10.5 Å². The predicted octanol–water partition coefficient (Wildman–Crippen LogP) is 4.44. The highest BCUT2D eigenvalue weighted by atomic mass is 16.5. The zero-order valence-corrected chi connectivity index (χ0v) is 12.3. The Balaban J connectivity index is 1.94. The Morgan fingerprint density at radius 2 is 1.89 bits per heavy atom. The van der Waals surface area contributed by atoms with Crippen LogP contribution in [0.1, 0.15) is 64.0 Å². The first-order chi connectivity index (χ1) is 9.24. The Morgan fingerprint density at radius 1 is 1.21 bits per heavy atom. The number of nitrogens with two attached hydrogens (primary N) is 1. The van der Waals surface area contributed by atoms with E-state index < -0.39 is 0 Å². The molecule has 1 aliphatic carbocycles. The Kier molecular flexibility index (Phi) is 5.26. The number of unbranched alkanes of at least 4 members (excludes halogenated alkanes) is 1. The minimum Gasteiger partial charge on any atom is -0.490 e. The summed E-state index contributed by atoms with van der Waals surface area (Å²) in [5.41, 5.74) is 7.66. The van der Waals surface area contributed by atoms with Crippen LogP contribution in [0.4, 0.5) is 0 Å². The Labute approximate surface area is 117 Å². The van der Waals surface area contributed by atoms with E-state index in [-0.39, 0.29) is 6.04 Å². The van der Waals surface area contributed by atoms with E-state index >= 15 is 0 Å². The monoisotopic (exact) mass is 261 g/mol. The summed E-state index contributed by atoms with van der Waals surface area (Å²) < 4.78 is 5.77. The molecule has 0 heterocycles. The molecule has 2 atom stereocenters. The second kappa shape index (κ2) is 6.95. The average Bonchev–Trinajstić information content (AvgIpc) is 3.24. The SMILES string of the molecule is CCCCC(CC)C(N)c1ccc(OC2CC2)cc1. The number of rotatable bonds is 8. The summed E-state index contributed by atoms with van der Waals surface area (Å²) >= 11 is 0. The maximum Gasteiger partial charge on any atom is 0.119 e. The minimum absolute atomic E-state index is 0.159. The number of ether oxygens (including phenoxy) is 1. The third-order valence-corrected chi connectivity index (χ3v) is 4.05. The predicted molar refractivity (Wildman–Crippen MR) is 80.3 cm³/mol. The van der Waals surface area contributed by atoms with Gasteiger partial charge in [0.2, 0.25) is 0 Å². The third-order valence-electron chi connectivity index (χ3n) is 4.05. The molecule has 1 fully saturated rings. The Hall–Kier alpha value is -1.02. The first-order valence-electron chi connectivity index (χ1n) is 7.76. The lowest BCUT2D eigenvalue weighted by Gasteiger charge is -2.23. The van der Waals surface area contributed by atoms with Crippen LogP contribution in [0.15, 0.2) is 24.3 Å². The van der Waals surface area contributed by atoms with E-state index in [1.165, 1.54) is 37.7 Å². The van der Waals surface area contributed by atoms with Gasteiger partial charge in [-0.05, 0) is 42.9 Å². The number of benzene rings is 1. The zero-order chi connectivity index (χ0) is 13.7. The lowest BCUT2D eigenvalue weighted by atomic mass is 9.87. The van der Waals surface area contributed by atoms with E-state index in [2.05, 4.69) is 38.1 Å². The van der Waals surface area contributed by atoms with Crippen molar-refractivity contribution < 1.29 is 4.74 Å². The molecule has 0 radical (unpaired) electrons. The number of hydrogen-bond donors (Lipinski definition) is 1. The van der Waals surface area contributed by atoms with E-state index in [1.807, 2.05) is 0 Å². The highest BCUT2D eigenvalue weighted by Gasteiger charge is 2.23. The molecule has 1 aromatic carbocycles. The minimum atomic E-state index is 0.159. The quantitative estimate of drug-likeness (QED) is 0.750. The molecular formula is C17H27NO. The van der Waals surface area contributed by atoms with E-state index in [9.17, 15) is 0 Å². The molecule has 0 spiro atoms. The fourth-order valence-electron chi connectivity index (χ4n) is 2.52. The van der Waals surface area contributed by atoms with Gasteiger partial charge in [0, 0.05) is 6.04 Å². The Bertz CT molecular complexity index is 369. The molecule has 1 aromatic rings. The molecule has 2 heteroatoms. The summed E-state index contributed by atoms with van der Waals surface area (Å²) in [6, 6.07) is 8.57. The lowest BCUT2D eigenvalue weighted by molar-refractivity contribution is 0.303. The largest absolute Gasteiger partial charge is 0.490 e.